The molecule has 0 aromatic heterocycles. The molecule has 2 rings (SSSR count). The number of rotatable bonds is 3. The van der Waals surface area contributed by atoms with Gasteiger partial charge in [0.25, 0.3) is 0 Å². The van der Waals surface area contributed by atoms with Crippen LogP contribution in [0.3, 0.4) is 0 Å². The fraction of sp³-hybridized carbons (Fsp3) is 0.769. The molecule has 0 saturated carbocycles. The second-order valence-electron chi connectivity index (χ2n) is 5.25. The third kappa shape index (κ3) is 3.85. The van der Waals surface area contributed by atoms with Gasteiger partial charge in [0.1, 0.15) is 10.4 Å². The fourth-order valence-corrected chi connectivity index (χ4v) is 3.86. The average molecular weight is 315 g/mol. The van der Waals surface area contributed by atoms with Gasteiger partial charge < -0.3 is 15.5 Å². The quantitative estimate of drug-likeness (QED) is 0.786. The molecule has 0 bridgehead atoms. The van der Waals surface area contributed by atoms with Crippen LogP contribution in [0.25, 0.3) is 0 Å². The van der Waals surface area contributed by atoms with Crippen LogP contribution in [0, 0.1) is 0 Å². The third-order valence-corrected chi connectivity index (χ3v) is 5.34. The summed E-state index contributed by atoms with van der Waals surface area (Å²) in [7, 11) is 0. The van der Waals surface area contributed by atoms with Gasteiger partial charge in [0.15, 0.2) is 0 Å². The molecule has 0 spiro atoms. The minimum atomic E-state index is -0.433. The van der Waals surface area contributed by atoms with Crippen molar-refractivity contribution in [3.63, 3.8) is 0 Å². The number of thiocarbonyl (C=S) groups is 1. The Labute approximate surface area is 129 Å². The largest absolute Gasteiger partial charge is 0.368 e. The molecule has 0 aromatic rings. The molecule has 0 aromatic carbocycles. The van der Waals surface area contributed by atoms with Crippen LogP contribution in [0.2, 0.25) is 0 Å². The van der Waals surface area contributed by atoms with E-state index in [2.05, 4.69) is 4.90 Å². The Kier molecular flexibility index (Phi) is 5.65. The number of hydrogen-bond donors (Lipinski definition) is 1. The van der Waals surface area contributed by atoms with Gasteiger partial charge >= 0.3 is 0 Å². The first-order valence-electron chi connectivity index (χ1n) is 7.10. The second kappa shape index (κ2) is 7.26. The van der Waals surface area contributed by atoms with Gasteiger partial charge in [-0.15, -0.1) is 0 Å². The summed E-state index contributed by atoms with van der Waals surface area (Å²) in [5.74, 6) is -0.121. The van der Waals surface area contributed by atoms with E-state index in [1.54, 1.807) is 4.90 Å². The smallest absolute Gasteiger partial charge is 0.240 e. The van der Waals surface area contributed by atoms with E-state index in [9.17, 15) is 9.59 Å². The van der Waals surface area contributed by atoms with Crippen molar-refractivity contribution in [1.82, 2.24) is 9.80 Å². The van der Waals surface area contributed by atoms with Gasteiger partial charge in [0, 0.05) is 19.6 Å². The predicted molar refractivity (Wildman–Crippen MR) is 84.4 cm³/mol. The van der Waals surface area contributed by atoms with Crippen molar-refractivity contribution in [3.05, 3.63) is 0 Å². The highest BCUT2D eigenvalue weighted by molar-refractivity contribution is 8.23. The first kappa shape index (κ1) is 15.6. The molecule has 2 aliphatic heterocycles. The van der Waals surface area contributed by atoms with Crippen LogP contribution in [0.15, 0.2) is 0 Å². The maximum Gasteiger partial charge on any atom is 0.240 e. The molecule has 2 N–H and O–H groups in total. The summed E-state index contributed by atoms with van der Waals surface area (Å²) in [6.45, 7) is 2.62. The van der Waals surface area contributed by atoms with E-state index >= 15 is 0 Å². The van der Waals surface area contributed by atoms with Crippen molar-refractivity contribution in [3.8, 4) is 0 Å². The number of thioether (sulfide) groups is 1. The van der Waals surface area contributed by atoms with Crippen molar-refractivity contribution in [2.45, 2.75) is 38.1 Å². The van der Waals surface area contributed by atoms with Crippen molar-refractivity contribution in [2.75, 3.05) is 25.4 Å². The summed E-state index contributed by atoms with van der Waals surface area (Å²) >= 11 is 6.74. The van der Waals surface area contributed by atoms with Crippen LogP contribution in [-0.4, -0.2) is 57.4 Å². The van der Waals surface area contributed by atoms with Crippen LogP contribution >= 0.6 is 24.0 Å². The predicted octanol–water partition coefficient (Wildman–Crippen LogP) is 0.967. The molecular formula is C13H21N3O2S2. The van der Waals surface area contributed by atoms with Crippen LogP contribution in [0.4, 0.5) is 0 Å². The molecule has 2 fully saturated rings. The molecular weight excluding hydrogens is 294 g/mol. The van der Waals surface area contributed by atoms with E-state index in [1.165, 1.54) is 24.6 Å². The zero-order chi connectivity index (χ0) is 14.5. The highest BCUT2D eigenvalue weighted by Gasteiger charge is 2.30. The number of carbonyl (C=O) groups is 2. The lowest BCUT2D eigenvalue weighted by Gasteiger charge is -2.33. The number of nitrogens with zero attached hydrogens (tertiary/aromatic N) is 2. The minimum Gasteiger partial charge on any atom is -0.368 e. The van der Waals surface area contributed by atoms with E-state index in [1.807, 2.05) is 0 Å². The van der Waals surface area contributed by atoms with Crippen molar-refractivity contribution >= 4 is 40.1 Å². The number of primary amides is 1. The van der Waals surface area contributed by atoms with Crippen molar-refractivity contribution < 1.29 is 9.59 Å². The lowest BCUT2D eigenvalue weighted by molar-refractivity contribution is -0.138. The number of carbonyl (C=O) groups excluding carboxylic acids is 2. The van der Waals surface area contributed by atoms with E-state index in [0.29, 0.717) is 18.7 Å². The lowest BCUT2D eigenvalue weighted by atomic mass is 10.0. The second-order valence-corrected chi connectivity index (χ2v) is 6.86. The number of nitrogens with two attached hydrogens (primary N) is 1. The van der Waals surface area contributed by atoms with E-state index in [4.69, 9.17) is 18.0 Å². The van der Waals surface area contributed by atoms with Crippen molar-refractivity contribution in [2.24, 2.45) is 5.73 Å². The molecule has 112 valence electrons. The van der Waals surface area contributed by atoms with Gasteiger partial charge in [-0.25, -0.2) is 0 Å². The summed E-state index contributed by atoms with van der Waals surface area (Å²) < 4.78 is 0.795. The highest BCUT2D eigenvalue weighted by atomic mass is 32.2. The summed E-state index contributed by atoms with van der Waals surface area (Å²) in [5, 5.41) is 0. The fourth-order valence-electron chi connectivity index (χ4n) is 2.72. The number of hydrogen-bond acceptors (Lipinski definition) is 4. The Morgan fingerprint density at radius 1 is 1.15 bits per heavy atom. The van der Waals surface area contributed by atoms with Crippen LogP contribution < -0.4 is 5.73 Å². The van der Waals surface area contributed by atoms with Gasteiger partial charge in [0.05, 0.1) is 5.75 Å². The molecule has 7 heteroatoms. The summed E-state index contributed by atoms with van der Waals surface area (Å²) in [5.41, 5.74) is 5.38. The SMILES string of the molecule is NC(=O)[C@H]1CCCCN1C(=O)CSC(=S)N1CCCC1. The molecule has 5 nitrogen and oxygen atoms in total. The standard InChI is InChI=1S/C13H21N3O2S2/c14-12(18)10-5-1-2-8-16(10)11(17)9-20-13(19)15-6-3-4-7-15/h10H,1-9H2,(H2,14,18)/t10-/m1/s1. The summed E-state index contributed by atoms with van der Waals surface area (Å²) in [4.78, 5) is 27.4. The summed E-state index contributed by atoms with van der Waals surface area (Å²) in [6, 6.07) is -0.433. The van der Waals surface area contributed by atoms with Gasteiger partial charge in [-0.2, -0.15) is 0 Å². The molecule has 0 aliphatic carbocycles. The van der Waals surface area contributed by atoms with Gasteiger partial charge in [-0.1, -0.05) is 24.0 Å². The molecule has 20 heavy (non-hydrogen) atoms. The van der Waals surface area contributed by atoms with Crippen LogP contribution in [-0.2, 0) is 9.59 Å². The molecule has 2 saturated heterocycles. The van der Waals surface area contributed by atoms with Gasteiger partial charge in [0.2, 0.25) is 11.8 Å². The third-order valence-electron chi connectivity index (χ3n) is 3.83. The Bertz CT molecular complexity index is 397. The Morgan fingerprint density at radius 3 is 2.45 bits per heavy atom. The lowest BCUT2D eigenvalue weighted by Crippen LogP contribution is -2.51. The van der Waals surface area contributed by atoms with E-state index < -0.39 is 11.9 Å². The molecule has 1 atom stereocenters. The average Bonchev–Trinajstić information content (AvgIpc) is 2.98. The highest BCUT2D eigenvalue weighted by Crippen LogP contribution is 2.20. The molecule has 2 heterocycles. The minimum absolute atomic E-state index is 0.0277. The van der Waals surface area contributed by atoms with Gasteiger partial charge in [-0.05, 0) is 32.1 Å². The Balaban J connectivity index is 1.83. The molecule has 2 amide bonds. The maximum absolute atomic E-state index is 12.3. The Hall–Kier alpha value is -0.820. The molecule has 2 aliphatic rings. The monoisotopic (exact) mass is 315 g/mol. The summed E-state index contributed by atoms with van der Waals surface area (Å²) in [6.07, 6.45) is 4.92. The van der Waals surface area contributed by atoms with E-state index in [-0.39, 0.29) is 5.91 Å². The van der Waals surface area contributed by atoms with E-state index in [0.717, 1.165) is 30.3 Å². The zero-order valence-electron chi connectivity index (χ0n) is 11.5. The normalized spacial score (nSPS) is 22.9. The topological polar surface area (TPSA) is 66.6 Å². The maximum atomic E-state index is 12.3. The first-order chi connectivity index (χ1) is 9.59. The molecule has 0 unspecified atom stereocenters. The number of piperidine rings is 1. The van der Waals surface area contributed by atoms with Crippen LogP contribution in [0.1, 0.15) is 32.1 Å². The molecule has 0 radical (unpaired) electrons. The number of amides is 2. The van der Waals surface area contributed by atoms with Crippen molar-refractivity contribution in [1.29, 1.82) is 0 Å². The Morgan fingerprint density at radius 2 is 1.80 bits per heavy atom. The van der Waals surface area contributed by atoms with Crippen LogP contribution in [0.5, 0.6) is 0 Å². The zero-order valence-corrected chi connectivity index (χ0v) is 13.2. The first-order valence-corrected chi connectivity index (χ1v) is 8.49. The van der Waals surface area contributed by atoms with Gasteiger partial charge in [-0.3, -0.25) is 9.59 Å². The number of likely N-dealkylation sites (tertiary alicyclic amines) is 2.